The molecular weight excluding hydrogens is 224 g/mol. The molecule has 0 aromatic heterocycles. The summed E-state index contributed by atoms with van der Waals surface area (Å²) in [5.74, 6) is 0. The predicted molar refractivity (Wildman–Crippen MR) is 75.1 cm³/mol. The van der Waals surface area contributed by atoms with Gasteiger partial charge < -0.3 is 4.74 Å². The van der Waals surface area contributed by atoms with Crippen LogP contribution >= 0.6 is 0 Å². The lowest BCUT2D eigenvalue weighted by atomic mass is 9.87. The monoisotopic (exact) mass is 246 g/mol. The van der Waals surface area contributed by atoms with Gasteiger partial charge in [-0.25, -0.2) is 0 Å². The van der Waals surface area contributed by atoms with Crippen LogP contribution < -0.4 is 0 Å². The van der Waals surface area contributed by atoms with E-state index in [9.17, 15) is 0 Å². The number of nitrogens with zero attached hydrogens (tertiary/aromatic N) is 2. The quantitative estimate of drug-likeness (QED) is 0.749. The van der Waals surface area contributed by atoms with E-state index >= 15 is 0 Å². The first-order valence-corrected chi connectivity index (χ1v) is 6.53. The highest BCUT2D eigenvalue weighted by atomic mass is 16.5. The molecule has 1 fully saturated rings. The third-order valence-electron chi connectivity index (χ3n) is 3.13. The summed E-state index contributed by atoms with van der Waals surface area (Å²) in [6.07, 6.45) is 1.93. The number of ether oxygens (including phenoxy) is 1. The lowest BCUT2D eigenvalue weighted by molar-refractivity contribution is 0.0397. The van der Waals surface area contributed by atoms with Crippen LogP contribution in [0.4, 0.5) is 0 Å². The molecule has 1 aromatic carbocycles. The zero-order valence-electron chi connectivity index (χ0n) is 11.5. The summed E-state index contributed by atoms with van der Waals surface area (Å²) < 4.78 is 5.29. The molecule has 1 aliphatic rings. The van der Waals surface area contributed by atoms with Crippen LogP contribution in [-0.4, -0.2) is 37.5 Å². The van der Waals surface area contributed by atoms with Gasteiger partial charge in [0.1, 0.15) is 0 Å². The van der Waals surface area contributed by atoms with E-state index in [0.29, 0.717) is 0 Å². The summed E-state index contributed by atoms with van der Waals surface area (Å²) in [4.78, 5) is 0. The minimum atomic E-state index is 0.208. The highest BCUT2D eigenvalue weighted by molar-refractivity contribution is 5.79. The van der Waals surface area contributed by atoms with Gasteiger partial charge in [0.05, 0.1) is 32.5 Å². The molecule has 18 heavy (non-hydrogen) atoms. The Bertz CT molecular complexity index is 397. The normalized spacial score (nSPS) is 17.4. The second-order valence-electron chi connectivity index (χ2n) is 5.68. The van der Waals surface area contributed by atoms with E-state index in [1.165, 1.54) is 5.56 Å². The average molecular weight is 246 g/mol. The molecule has 0 amide bonds. The summed E-state index contributed by atoms with van der Waals surface area (Å²) >= 11 is 0. The lowest BCUT2D eigenvalue weighted by Crippen LogP contribution is -2.32. The van der Waals surface area contributed by atoms with Crippen LogP contribution in [-0.2, 0) is 10.2 Å². The molecule has 0 radical (unpaired) electrons. The van der Waals surface area contributed by atoms with Gasteiger partial charge in [0.15, 0.2) is 0 Å². The summed E-state index contributed by atoms with van der Waals surface area (Å²) in [5, 5.41) is 6.53. The Morgan fingerprint density at radius 3 is 2.28 bits per heavy atom. The maximum absolute atomic E-state index is 5.29. The average Bonchev–Trinajstić information content (AvgIpc) is 2.37. The molecular formula is C15H22N2O. The number of hydrazone groups is 1. The molecule has 2 rings (SSSR count). The Morgan fingerprint density at radius 2 is 1.72 bits per heavy atom. The Labute approximate surface area is 109 Å². The standard InChI is InChI=1S/C15H22N2O/c1-15(2,3)14-6-4-13(5-7-14)12-16-17-8-10-18-11-9-17/h4-7,12H,8-11H2,1-3H3/b16-12+. The molecule has 0 unspecified atom stereocenters. The molecule has 0 N–H and O–H groups in total. The van der Waals surface area contributed by atoms with Crippen molar-refractivity contribution in [2.75, 3.05) is 26.3 Å². The van der Waals surface area contributed by atoms with Gasteiger partial charge in [-0.15, -0.1) is 0 Å². The van der Waals surface area contributed by atoms with Crippen LogP contribution in [0.5, 0.6) is 0 Å². The SMILES string of the molecule is CC(C)(C)c1ccc(/C=N/N2CCOCC2)cc1. The van der Waals surface area contributed by atoms with Crippen LogP contribution in [0.25, 0.3) is 0 Å². The highest BCUT2D eigenvalue weighted by Crippen LogP contribution is 2.21. The van der Waals surface area contributed by atoms with E-state index in [2.05, 4.69) is 55.1 Å². The topological polar surface area (TPSA) is 24.8 Å². The fourth-order valence-electron chi connectivity index (χ4n) is 1.89. The number of benzene rings is 1. The Balaban J connectivity index is 1.99. The number of morpholine rings is 1. The van der Waals surface area contributed by atoms with E-state index in [-0.39, 0.29) is 5.41 Å². The molecule has 0 aliphatic carbocycles. The van der Waals surface area contributed by atoms with Gasteiger partial charge in [-0.1, -0.05) is 45.0 Å². The number of rotatable bonds is 2. The zero-order valence-corrected chi connectivity index (χ0v) is 11.5. The minimum absolute atomic E-state index is 0.208. The summed E-state index contributed by atoms with van der Waals surface area (Å²) in [6.45, 7) is 10.0. The van der Waals surface area contributed by atoms with Gasteiger partial charge in [0, 0.05) is 0 Å². The van der Waals surface area contributed by atoms with Crippen molar-refractivity contribution < 1.29 is 4.74 Å². The molecule has 1 aliphatic heterocycles. The van der Waals surface area contributed by atoms with E-state index in [0.717, 1.165) is 31.9 Å². The van der Waals surface area contributed by atoms with Gasteiger partial charge in [-0.2, -0.15) is 5.10 Å². The van der Waals surface area contributed by atoms with Crippen LogP contribution in [0.2, 0.25) is 0 Å². The van der Waals surface area contributed by atoms with Crippen LogP contribution in [0.3, 0.4) is 0 Å². The molecule has 3 nitrogen and oxygen atoms in total. The maximum Gasteiger partial charge on any atom is 0.0659 e. The van der Waals surface area contributed by atoms with Gasteiger partial charge in [0.2, 0.25) is 0 Å². The highest BCUT2D eigenvalue weighted by Gasteiger charge is 2.12. The third-order valence-corrected chi connectivity index (χ3v) is 3.13. The fraction of sp³-hybridized carbons (Fsp3) is 0.533. The summed E-state index contributed by atoms with van der Waals surface area (Å²) in [5.41, 5.74) is 2.71. The van der Waals surface area contributed by atoms with Crippen molar-refractivity contribution in [3.63, 3.8) is 0 Å². The van der Waals surface area contributed by atoms with Crippen molar-refractivity contribution >= 4 is 6.21 Å². The number of hydrogen-bond donors (Lipinski definition) is 0. The molecule has 3 heteroatoms. The molecule has 98 valence electrons. The smallest absolute Gasteiger partial charge is 0.0659 e. The summed E-state index contributed by atoms with van der Waals surface area (Å²) in [6, 6.07) is 8.62. The molecule has 1 aromatic rings. The molecule has 1 heterocycles. The third kappa shape index (κ3) is 3.57. The predicted octanol–water partition coefficient (Wildman–Crippen LogP) is 2.65. The van der Waals surface area contributed by atoms with Gasteiger partial charge in [-0.3, -0.25) is 5.01 Å². The second kappa shape index (κ2) is 5.53. The number of hydrogen-bond acceptors (Lipinski definition) is 3. The fourth-order valence-corrected chi connectivity index (χ4v) is 1.89. The summed E-state index contributed by atoms with van der Waals surface area (Å²) in [7, 11) is 0. The van der Waals surface area contributed by atoms with Crippen LogP contribution in [0.15, 0.2) is 29.4 Å². The van der Waals surface area contributed by atoms with E-state index < -0.39 is 0 Å². The minimum Gasteiger partial charge on any atom is -0.378 e. The molecule has 0 bridgehead atoms. The molecule has 0 atom stereocenters. The zero-order chi connectivity index (χ0) is 13.0. The largest absolute Gasteiger partial charge is 0.378 e. The van der Waals surface area contributed by atoms with Crippen molar-refractivity contribution in [2.24, 2.45) is 5.10 Å². The lowest BCUT2D eigenvalue weighted by Gasteiger charge is -2.23. The maximum atomic E-state index is 5.29. The molecule has 0 spiro atoms. The molecule has 1 saturated heterocycles. The van der Waals surface area contributed by atoms with E-state index in [4.69, 9.17) is 4.74 Å². The van der Waals surface area contributed by atoms with Crippen molar-refractivity contribution in [1.82, 2.24) is 5.01 Å². The van der Waals surface area contributed by atoms with Crippen molar-refractivity contribution in [3.8, 4) is 0 Å². The Hall–Kier alpha value is -1.35. The first-order valence-electron chi connectivity index (χ1n) is 6.53. The van der Waals surface area contributed by atoms with Gasteiger partial charge >= 0.3 is 0 Å². The van der Waals surface area contributed by atoms with Crippen LogP contribution in [0, 0.1) is 0 Å². The van der Waals surface area contributed by atoms with Gasteiger partial charge in [-0.05, 0) is 16.5 Å². The first-order chi connectivity index (χ1) is 8.55. The van der Waals surface area contributed by atoms with E-state index in [1.54, 1.807) is 0 Å². The Morgan fingerprint density at radius 1 is 1.11 bits per heavy atom. The van der Waals surface area contributed by atoms with Gasteiger partial charge in [0.25, 0.3) is 0 Å². The van der Waals surface area contributed by atoms with Crippen molar-refractivity contribution in [3.05, 3.63) is 35.4 Å². The van der Waals surface area contributed by atoms with Crippen molar-refractivity contribution in [1.29, 1.82) is 0 Å². The van der Waals surface area contributed by atoms with E-state index in [1.807, 2.05) is 6.21 Å². The Kier molecular flexibility index (Phi) is 4.02. The molecule has 0 saturated carbocycles. The first kappa shape index (κ1) is 13.1. The van der Waals surface area contributed by atoms with Crippen molar-refractivity contribution in [2.45, 2.75) is 26.2 Å². The van der Waals surface area contributed by atoms with Crippen LogP contribution in [0.1, 0.15) is 31.9 Å². The second-order valence-corrected chi connectivity index (χ2v) is 5.68.